The van der Waals surface area contributed by atoms with Gasteiger partial charge in [0.15, 0.2) is 5.69 Å². The minimum Gasteiger partial charge on any atom is -0.493 e. The van der Waals surface area contributed by atoms with Crippen molar-refractivity contribution in [1.82, 2.24) is 9.55 Å². The Hall–Kier alpha value is -3.03. The summed E-state index contributed by atoms with van der Waals surface area (Å²) in [6.07, 6.45) is 2.30. The number of amides is 1. The lowest BCUT2D eigenvalue weighted by Crippen LogP contribution is -2.42. The first-order chi connectivity index (χ1) is 14.3. The van der Waals surface area contributed by atoms with Crippen molar-refractivity contribution in [3.8, 4) is 5.75 Å². The summed E-state index contributed by atoms with van der Waals surface area (Å²) in [4.78, 5) is 41.3. The molecule has 8 nitrogen and oxygen atoms in total. The van der Waals surface area contributed by atoms with E-state index in [9.17, 15) is 14.4 Å². The summed E-state index contributed by atoms with van der Waals surface area (Å²) in [7, 11) is 0. The van der Waals surface area contributed by atoms with Gasteiger partial charge in [-0.25, -0.2) is 4.79 Å². The van der Waals surface area contributed by atoms with E-state index in [0.29, 0.717) is 31.7 Å². The Labute approximate surface area is 176 Å². The largest absolute Gasteiger partial charge is 0.493 e. The third kappa shape index (κ3) is 5.75. The van der Waals surface area contributed by atoms with Crippen LogP contribution < -0.4 is 26.6 Å². The Morgan fingerprint density at radius 2 is 1.80 bits per heavy atom. The number of hydrogen-bond donors (Lipinski definition) is 2. The highest BCUT2D eigenvalue weighted by Gasteiger charge is 2.23. The van der Waals surface area contributed by atoms with E-state index in [4.69, 9.17) is 10.5 Å². The van der Waals surface area contributed by atoms with Crippen LogP contribution in [0.4, 0.5) is 11.5 Å². The van der Waals surface area contributed by atoms with Gasteiger partial charge < -0.3 is 15.4 Å². The molecule has 0 aliphatic heterocycles. The van der Waals surface area contributed by atoms with Crippen LogP contribution in [0.3, 0.4) is 0 Å². The standard InChI is InChI=1S/C22H32N4O4/c1-5-7-10-25(19-20(23)26(9-6-2)22(29)24-21(19)28)18(27)8-11-30-17-13-15(3)12-16(4)14-17/h12-14H,5-11,23H2,1-4H3,(H,24,28,29). The van der Waals surface area contributed by atoms with Gasteiger partial charge in [-0.15, -0.1) is 0 Å². The molecule has 1 amide bonds. The fraction of sp³-hybridized carbons (Fsp3) is 0.500. The second-order valence-electron chi connectivity index (χ2n) is 7.47. The zero-order valence-electron chi connectivity index (χ0n) is 18.3. The molecular formula is C22H32N4O4. The highest BCUT2D eigenvalue weighted by Crippen LogP contribution is 2.20. The van der Waals surface area contributed by atoms with Crippen molar-refractivity contribution >= 4 is 17.4 Å². The van der Waals surface area contributed by atoms with Gasteiger partial charge in [0, 0.05) is 13.1 Å². The van der Waals surface area contributed by atoms with E-state index in [2.05, 4.69) is 4.98 Å². The van der Waals surface area contributed by atoms with Gasteiger partial charge in [-0.3, -0.25) is 19.1 Å². The van der Waals surface area contributed by atoms with Crippen LogP contribution in [-0.4, -0.2) is 28.6 Å². The number of carbonyl (C=O) groups is 1. The summed E-state index contributed by atoms with van der Waals surface area (Å²) >= 11 is 0. The average Bonchev–Trinajstić information content (AvgIpc) is 2.66. The molecule has 0 aliphatic rings. The second-order valence-corrected chi connectivity index (χ2v) is 7.47. The molecule has 0 radical (unpaired) electrons. The third-order valence-electron chi connectivity index (χ3n) is 4.75. The van der Waals surface area contributed by atoms with E-state index in [1.807, 2.05) is 45.9 Å². The smallest absolute Gasteiger partial charge is 0.330 e. The number of nitrogens with two attached hydrogens (primary N) is 1. The number of aromatic amines is 1. The summed E-state index contributed by atoms with van der Waals surface area (Å²) in [5.41, 5.74) is 7.14. The summed E-state index contributed by atoms with van der Waals surface area (Å²) in [6, 6.07) is 5.87. The van der Waals surface area contributed by atoms with Gasteiger partial charge in [0.1, 0.15) is 11.6 Å². The van der Waals surface area contributed by atoms with Gasteiger partial charge in [-0.1, -0.05) is 26.3 Å². The van der Waals surface area contributed by atoms with Crippen molar-refractivity contribution in [1.29, 1.82) is 0 Å². The number of ether oxygens (including phenoxy) is 1. The maximum atomic E-state index is 13.0. The number of benzene rings is 1. The van der Waals surface area contributed by atoms with Crippen molar-refractivity contribution in [3.05, 3.63) is 50.2 Å². The predicted molar refractivity (Wildman–Crippen MR) is 119 cm³/mol. The van der Waals surface area contributed by atoms with Crippen molar-refractivity contribution in [3.63, 3.8) is 0 Å². The maximum absolute atomic E-state index is 13.0. The molecule has 8 heteroatoms. The molecule has 1 aromatic heterocycles. The number of nitrogens with zero attached hydrogens (tertiary/aromatic N) is 2. The Bertz CT molecular complexity index is 973. The summed E-state index contributed by atoms with van der Waals surface area (Å²) in [5, 5.41) is 0. The lowest BCUT2D eigenvalue weighted by Gasteiger charge is -2.24. The molecule has 0 aliphatic carbocycles. The average molecular weight is 417 g/mol. The number of unbranched alkanes of at least 4 members (excludes halogenated alkanes) is 1. The van der Waals surface area contributed by atoms with E-state index >= 15 is 0 Å². The summed E-state index contributed by atoms with van der Waals surface area (Å²) in [6.45, 7) is 8.75. The first-order valence-corrected chi connectivity index (χ1v) is 10.4. The number of aromatic nitrogens is 2. The lowest BCUT2D eigenvalue weighted by atomic mass is 10.1. The second kappa shape index (κ2) is 10.7. The van der Waals surface area contributed by atoms with Crippen LogP contribution in [0.1, 0.15) is 50.7 Å². The lowest BCUT2D eigenvalue weighted by molar-refractivity contribution is -0.119. The van der Waals surface area contributed by atoms with Crippen LogP contribution in [0.2, 0.25) is 0 Å². The minimum absolute atomic E-state index is 0.0188. The molecule has 0 atom stereocenters. The monoisotopic (exact) mass is 416 g/mol. The van der Waals surface area contributed by atoms with Gasteiger partial charge >= 0.3 is 5.69 Å². The minimum atomic E-state index is -0.649. The molecule has 0 unspecified atom stereocenters. The van der Waals surface area contributed by atoms with Crippen LogP contribution in [0, 0.1) is 13.8 Å². The number of carbonyl (C=O) groups excluding carboxylic acids is 1. The molecule has 3 N–H and O–H groups in total. The van der Waals surface area contributed by atoms with Crippen molar-refractivity contribution in [2.75, 3.05) is 23.8 Å². The SMILES string of the molecule is CCCCN(C(=O)CCOc1cc(C)cc(C)c1)c1c(N)n(CCC)c(=O)[nH]c1=O. The molecule has 0 saturated carbocycles. The topological polar surface area (TPSA) is 110 Å². The van der Waals surface area contributed by atoms with E-state index in [0.717, 1.165) is 17.5 Å². The molecule has 2 rings (SSSR count). The van der Waals surface area contributed by atoms with Crippen LogP contribution in [0.5, 0.6) is 5.75 Å². The molecule has 0 fully saturated rings. The van der Waals surface area contributed by atoms with Gasteiger partial charge in [0.25, 0.3) is 5.56 Å². The number of rotatable bonds is 10. The predicted octanol–water partition coefficient (Wildman–Crippen LogP) is 2.75. The van der Waals surface area contributed by atoms with Crippen LogP contribution in [0.25, 0.3) is 0 Å². The number of nitrogen functional groups attached to an aromatic ring is 1. The Balaban J connectivity index is 2.24. The molecule has 2 aromatic rings. The molecule has 0 saturated heterocycles. The number of hydrogen-bond acceptors (Lipinski definition) is 5. The van der Waals surface area contributed by atoms with E-state index in [1.165, 1.54) is 9.47 Å². The zero-order valence-corrected chi connectivity index (χ0v) is 18.3. The number of nitrogens with one attached hydrogen (secondary N) is 1. The van der Waals surface area contributed by atoms with Crippen LogP contribution in [-0.2, 0) is 11.3 Å². The fourth-order valence-electron chi connectivity index (χ4n) is 3.37. The fourth-order valence-corrected chi connectivity index (χ4v) is 3.37. The number of H-pyrrole nitrogens is 1. The van der Waals surface area contributed by atoms with Gasteiger partial charge in [-0.05, 0) is 49.9 Å². The number of aryl methyl sites for hydroxylation is 2. The molecule has 0 bridgehead atoms. The van der Waals surface area contributed by atoms with Crippen molar-refractivity contribution in [2.45, 2.75) is 59.9 Å². The molecule has 164 valence electrons. The van der Waals surface area contributed by atoms with E-state index < -0.39 is 11.2 Å². The van der Waals surface area contributed by atoms with Crippen molar-refractivity contribution in [2.24, 2.45) is 0 Å². The molecule has 1 aromatic carbocycles. The first kappa shape index (κ1) is 23.3. The molecular weight excluding hydrogens is 384 g/mol. The Morgan fingerprint density at radius 1 is 1.13 bits per heavy atom. The molecule has 30 heavy (non-hydrogen) atoms. The normalized spacial score (nSPS) is 10.8. The van der Waals surface area contributed by atoms with E-state index in [-0.39, 0.29) is 30.4 Å². The van der Waals surface area contributed by atoms with Crippen molar-refractivity contribution < 1.29 is 9.53 Å². The Kier molecular flexibility index (Phi) is 8.26. The first-order valence-electron chi connectivity index (χ1n) is 10.4. The Morgan fingerprint density at radius 3 is 2.40 bits per heavy atom. The number of anilines is 2. The zero-order chi connectivity index (χ0) is 22.3. The van der Waals surface area contributed by atoms with Gasteiger partial charge in [0.2, 0.25) is 5.91 Å². The quantitative estimate of drug-likeness (QED) is 0.619. The molecule has 1 heterocycles. The molecule has 0 spiro atoms. The van der Waals surface area contributed by atoms with Crippen LogP contribution >= 0.6 is 0 Å². The van der Waals surface area contributed by atoms with Gasteiger partial charge in [0.05, 0.1) is 13.0 Å². The van der Waals surface area contributed by atoms with E-state index in [1.54, 1.807) is 0 Å². The van der Waals surface area contributed by atoms with Gasteiger partial charge in [-0.2, -0.15) is 0 Å². The summed E-state index contributed by atoms with van der Waals surface area (Å²) in [5.74, 6) is 0.450. The van der Waals surface area contributed by atoms with Crippen LogP contribution in [0.15, 0.2) is 27.8 Å². The maximum Gasteiger partial charge on any atom is 0.330 e. The summed E-state index contributed by atoms with van der Waals surface area (Å²) < 4.78 is 7.05. The highest BCUT2D eigenvalue weighted by molar-refractivity contribution is 5.95. The highest BCUT2D eigenvalue weighted by atomic mass is 16.5. The third-order valence-corrected chi connectivity index (χ3v) is 4.75.